The van der Waals surface area contributed by atoms with Gasteiger partial charge in [0.25, 0.3) is 0 Å². The maximum atomic E-state index is 12.0. The van der Waals surface area contributed by atoms with Gasteiger partial charge >= 0.3 is 0 Å². The van der Waals surface area contributed by atoms with E-state index in [0.29, 0.717) is 30.1 Å². The molecule has 4 heteroatoms. The summed E-state index contributed by atoms with van der Waals surface area (Å²) in [5.41, 5.74) is 1.14. The minimum Gasteiger partial charge on any atom is -0.224 e. The predicted octanol–water partition coefficient (Wildman–Crippen LogP) is 3.28. The van der Waals surface area contributed by atoms with Crippen molar-refractivity contribution in [1.29, 1.82) is 5.26 Å². The van der Waals surface area contributed by atoms with Crippen molar-refractivity contribution in [2.24, 2.45) is 0 Å². The molecule has 0 fully saturated rings. The SMILES string of the molecule is CC(C)c1ccc(S(=O)(=O)CCCCC#N)cc1. The Morgan fingerprint density at radius 2 is 1.78 bits per heavy atom. The van der Waals surface area contributed by atoms with Crippen LogP contribution in [0.15, 0.2) is 29.2 Å². The molecule has 0 saturated carbocycles. The highest BCUT2D eigenvalue weighted by molar-refractivity contribution is 7.91. The Bertz CT molecular complexity index is 510. The molecule has 0 radical (unpaired) electrons. The van der Waals surface area contributed by atoms with Crippen molar-refractivity contribution in [3.05, 3.63) is 29.8 Å². The maximum absolute atomic E-state index is 12.0. The Kier molecular flexibility index (Phi) is 5.36. The van der Waals surface area contributed by atoms with E-state index in [4.69, 9.17) is 5.26 Å². The Balaban J connectivity index is 2.70. The van der Waals surface area contributed by atoms with E-state index >= 15 is 0 Å². The molecule has 0 heterocycles. The molecule has 0 aliphatic rings. The second kappa shape index (κ2) is 6.55. The molecule has 98 valence electrons. The molecule has 0 unspecified atom stereocenters. The first-order chi connectivity index (χ1) is 8.47. The maximum Gasteiger partial charge on any atom is 0.178 e. The van der Waals surface area contributed by atoms with Crippen LogP contribution in [0.25, 0.3) is 0 Å². The van der Waals surface area contributed by atoms with Crippen molar-refractivity contribution in [3.8, 4) is 6.07 Å². The summed E-state index contributed by atoms with van der Waals surface area (Å²) in [5.74, 6) is 0.521. The van der Waals surface area contributed by atoms with Crippen LogP contribution < -0.4 is 0 Å². The summed E-state index contributed by atoms with van der Waals surface area (Å²) in [7, 11) is -3.19. The van der Waals surface area contributed by atoms with Crippen LogP contribution >= 0.6 is 0 Å². The first kappa shape index (κ1) is 14.7. The number of hydrogen-bond donors (Lipinski definition) is 0. The molecular formula is C14H19NO2S. The lowest BCUT2D eigenvalue weighted by Crippen LogP contribution is -2.07. The molecule has 0 bridgehead atoms. The molecule has 0 atom stereocenters. The topological polar surface area (TPSA) is 57.9 Å². The Labute approximate surface area is 109 Å². The second-order valence-electron chi connectivity index (χ2n) is 4.66. The number of benzene rings is 1. The molecule has 18 heavy (non-hydrogen) atoms. The van der Waals surface area contributed by atoms with Gasteiger partial charge in [0.1, 0.15) is 0 Å². The summed E-state index contributed by atoms with van der Waals surface area (Å²) in [6, 6.07) is 9.11. The number of hydrogen-bond acceptors (Lipinski definition) is 3. The number of nitriles is 1. The van der Waals surface area contributed by atoms with Gasteiger partial charge in [-0.3, -0.25) is 0 Å². The lowest BCUT2D eigenvalue weighted by Gasteiger charge is -2.07. The zero-order valence-electron chi connectivity index (χ0n) is 10.9. The summed E-state index contributed by atoms with van der Waals surface area (Å²) < 4.78 is 24.0. The molecule has 3 nitrogen and oxygen atoms in total. The molecule has 1 rings (SSSR count). The van der Waals surface area contributed by atoms with Gasteiger partial charge in [0.2, 0.25) is 0 Å². The molecule has 0 aliphatic heterocycles. The average Bonchev–Trinajstić information content (AvgIpc) is 2.35. The molecule has 0 amide bonds. The fourth-order valence-electron chi connectivity index (χ4n) is 1.67. The summed E-state index contributed by atoms with van der Waals surface area (Å²) in [5, 5.41) is 8.40. The van der Waals surface area contributed by atoms with E-state index in [1.54, 1.807) is 12.1 Å². The van der Waals surface area contributed by atoms with Gasteiger partial charge in [0.05, 0.1) is 16.7 Å². The third-order valence-electron chi connectivity index (χ3n) is 2.86. The predicted molar refractivity (Wildman–Crippen MR) is 72.0 cm³/mol. The third-order valence-corrected chi connectivity index (χ3v) is 4.67. The number of nitrogens with zero attached hydrogens (tertiary/aromatic N) is 1. The summed E-state index contributed by atoms with van der Waals surface area (Å²) in [6.07, 6.45) is 1.60. The first-order valence-electron chi connectivity index (χ1n) is 6.17. The van der Waals surface area contributed by atoms with E-state index in [1.807, 2.05) is 18.2 Å². The minimum atomic E-state index is -3.19. The van der Waals surface area contributed by atoms with Crippen molar-refractivity contribution in [1.82, 2.24) is 0 Å². The van der Waals surface area contributed by atoms with E-state index < -0.39 is 9.84 Å². The molecule has 0 spiro atoms. The van der Waals surface area contributed by atoms with E-state index in [-0.39, 0.29) is 5.75 Å². The van der Waals surface area contributed by atoms with E-state index in [2.05, 4.69) is 13.8 Å². The van der Waals surface area contributed by atoms with Gasteiger partial charge in [0, 0.05) is 6.42 Å². The highest BCUT2D eigenvalue weighted by Gasteiger charge is 2.13. The van der Waals surface area contributed by atoms with Crippen LogP contribution in [0.5, 0.6) is 0 Å². The van der Waals surface area contributed by atoms with Crippen LogP contribution in [-0.4, -0.2) is 14.2 Å². The molecule has 0 aromatic heterocycles. The number of sulfone groups is 1. The first-order valence-corrected chi connectivity index (χ1v) is 7.82. The van der Waals surface area contributed by atoms with Crippen LogP contribution in [0.3, 0.4) is 0 Å². The highest BCUT2D eigenvalue weighted by Crippen LogP contribution is 2.18. The molecule has 0 N–H and O–H groups in total. The molecule has 0 aliphatic carbocycles. The van der Waals surface area contributed by atoms with Gasteiger partial charge in [-0.2, -0.15) is 5.26 Å². The average molecular weight is 265 g/mol. The Hall–Kier alpha value is -1.34. The van der Waals surface area contributed by atoms with Gasteiger partial charge < -0.3 is 0 Å². The van der Waals surface area contributed by atoms with Crippen LogP contribution in [0, 0.1) is 11.3 Å². The molecule has 1 aromatic rings. The van der Waals surface area contributed by atoms with E-state index in [1.165, 1.54) is 0 Å². The molecule has 1 aromatic carbocycles. The van der Waals surface area contributed by atoms with Crippen LogP contribution in [0.1, 0.15) is 44.6 Å². The second-order valence-corrected chi connectivity index (χ2v) is 6.77. The smallest absolute Gasteiger partial charge is 0.178 e. The Morgan fingerprint density at radius 3 is 2.28 bits per heavy atom. The van der Waals surface area contributed by atoms with E-state index in [0.717, 1.165) is 5.56 Å². The van der Waals surface area contributed by atoms with Crippen molar-refractivity contribution >= 4 is 9.84 Å². The molecular weight excluding hydrogens is 246 g/mol. The zero-order valence-corrected chi connectivity index (χ0v) is 11.7. The van der Waals surface area contributed by atoms with Crippen molar-refractivity contribution in [2.75, 3.05) is 5.75 Å². The largest absolute Gasteiger partial charge is 0.224 e. The van der Waals surface area contributed by atoms with Gasteiger partial charge in [-0.1, -0.05) is 26.0 Å². The normalized spacial score (nSPS) is 11.4. The van der Waals surface area contributed by atoms with Crippen LogP contribution in [-0.2, 0) is 9.84 Å². The lowest BCUT2D eigenvalue weighted by molar-refractivity contribution is 0.591. The van der Waals surface area contributed by atoms with E-state index in [9.17, 15) is 8.42 Å². The quantitative estimate of drug-likeness (QED) is 0.742. The number of unbranched alkanes of at least 4 members (excludes halogenated alkanes) is 2. The van der Waals surface area contributed by atoms with Crippen LogP contribution in [0.4, 0.5) is 0 Å². The standard InChI is InChI=1S/C14H19NO2S/c1-12(2)13-6-8-14(9-7-13)18(16,17)11-5-3-4-10-15/h6-9,12H,3-5,11H2,1-2H3. The minimum absolute atomic E-state index is 0.121. The number of rotatable bonds is 6. The van der Waals surface area contributed by atoms with Gasteiger partial charge in [0.15, 0.2) is 9.84 Å². The summed E-state index contributed by atoms with van der Waals surface area (Å²) >= 11 is 0. The van der Waals surface area contributed by atoms with Gasteiger partial charge in [-0.15, -0.1) is 0 Å². The zero-order chi connectivity index (χ0) is 13.6. The highest BCUT2D eigenvalue weighted by atomic mass is 32.2. The monoisotopic (exact) mass is 265 g/mol. The van der Waals surface area contributed by atoms with Gasteiger partial charge in [-0.05, 0) is 36.5 Å². The Morgan fingerprint density at radius 1 is 1.17 bits per heavy atom. The van der Waals surface area contributed by atoms with Crippen molar-refractivity contribution in [2.45, 2.75) is 43.9 Å². The summed E-state index contributed by atoms with van der Waals surface area (Å²) in [6.45, 7) is 4.15. The van der Waals surface area contributed by atoms with Gasteiger partial charge in [-0.25, -0.2) is 8.42 Å². The fourth-order valence-corrected chi connectivity index (χ4v) is 3.04. The summed E-state index contributed by atoms with van der Waals surface area (Å²) in [4.78, 5) is 0.379. The van der Waals surface area contributed by atoms with Crippen molar-refractivity contribution in [3.63, 3.8) is 0 Å². The van der Waals surface area contributed by atoms with Crippen LogP contribution in [0.2, 0.25) is 0 Å². The molecule has 0 saturated heterocycles. The lowest BCUT2D eigenvalue weighted by atomic mass is 10.0. The van der Waals surface area contributed by atoms with Crippen molar-refractivity contribution < 1.29 is 8.42 Å². The fraction of sp³-hybridized carbons (Fsp3) is 0.500. The third kappa shape index (κ3) is 4.15.